The maximum atomic E-state index is 14.7. The molecule has 5 atom stereocenters. The molecule has 6 bridgehead atoms. The first kappa shape index (κ1) is 49.9. The van der Waals surface area contributed by atoms with Crippen molar-refractivity contribution < 1.29 is 47.0 Å². The number of halogens is 3. The number of esters is 1. The number of cyclic esters (lactones) is 1. The van der Waals surface area contributed by atoms with Gasteiger partial charge in [0.25, 0.3) is 5.91 Å². The number of amides is 4. The van der Waals surface area contributed by atoms with Crippen LogP contribution in [0.1, 0.15) is 84.0 Å². The molecule has 7 rings (SSSR count). The van der Waals surface area contributed by atoms with Gasteiger partial charge in [0.15, 0.2) is 0 Å². The Hall–Kier alpha value is -6.01. The molecule has 366 valence electrons. The Morgan fingerprint density at radius 3 is 2.44 bits per heavy atom. The molecule has 15 nitrogen and oxygen atoms in total. The van der Waals surface area contributed by atoms with E-state index >= 15 is 0 Å². The highest BCUT2D eigenvalue weighted by molar-refractivity contribution is 5.96. The number of alkyl halides is 3. The minimum absolute atomic E-state index is 0.0689. The monoisotopic (exact) mass is 944 g/mol. The molecule has 4 aromatic rings. The van der Waals surface area contributed by atoms with Crippen LogP contribution in [0.3, 0.4) is 0 Å². The number of carbonyl (C=O) groups is 5. The van der Waals surface area contributed by atoms with Crippen LogP contribution >= 0.6 is 0 Å². The van der Waals surface area contributed by atoms with Crippen molar-refractivity contribution in [1.29, 1.82) is 0 Å². The van der Waals surface area contributed by atoms with E-state index in [4.69, 9.17) is 9.72 Å². The van der Waals surface area contributed by atoms with Crippen molar-refractivity contribution in [2.24, 2.45) is 11.3 Å². The highest BCUT2D eigenvalue weighted by atomic mass is 19.4. The number of benzene rings is 2. The van der Waals surface area contributed by atoms with E-state index in [2.05, 4.69) is 73.4 Å². The molecule has 4 N–H and O–H groups in total. The Kier molecular flexibility index (Phi) is 14.3. The van der Waals surface area contributed by atoms with E-state index in [1.54, 1.807) is 26.1 Å². The van der Waals surface area contributed by atoms with Gasteiger partial charge in [0.2, 0.25) is 17.7 Å². The lowest BCUT2D eigenvalue weighted by Crippen LogP contribution is -2.62. The summed E-state index contributed by atoms with van der Waals surface area (Å²) in [5.41, 5.74) is 9.53. The SMILES string of the molecule is CCn1c(-c2cccnc2C(C)C)c2c3cc(ccc31)-c1cc(O)cc(c1)C[C@H](NC(=O)[C@H](C(C)C)N(C)C(=O)CN(C)C(=O)[C@@H]1N[C@H]1C(F)(F)F)C(=O)N1CCC[C@H](N1)C(=O)OCC(C)(C)C2. The molecule has 0 aliphatic carbocycles. The molecule has 2 aromatic heterocycles. The number of carbonyl (C=O) groups excluding carboxylic acids is 5. The van der Waals surface area contributed by atoms with Gasteiger partial charge in [-0.25, -0.2) is 5.43 Å². The molecule has 2 saturated heterocycles. The number of hydrogen-bond donors (Lipinski definition) is 4. The number of aromatic hydroxyl groups is 1. The number of nitrogens with zero attached hydrogens (tertiary/aromatic N) is 5. The highest BCUT2D eigenvalue weighted by Crippen LogP contribution is 2.42. The van der Waals surface area contributed by atoms with Crippen LogP contribution in [0.4, 0.5) is 13.2 Å². The molecule has 3 aliphatic rings. The van der Waals surface area contributed by atoms with Crippen molar-refractivity contribution in [3.05, 3.63) is 71.5 Å². The number of phenolic OH excluding ortho intramolecular Hbond substituents is 1. The number of hydrogen-bond acceptors (Lipinski definition) is 10. The third kappa shape index (κ3) is 10.5. The normalized spacial score (nSPS) is 21.3. The fourth-order valence-electron chi connectivity index (χ4n) is 9.69. The number of pyridine rings is 1. The largest absolute Gasteiger partial charge is 0.508 e. The molecule has 18 heteroatoms. The summed E-state index contributed by atoms with van der Waals surface area (Å²) < 4.78 is 47.9. The van der Waals surface area contributed by atoms with Crippen molar-refractivity contribution in [3.63, 3.8) is 0 Å². The molecule has 0 radical (unpaired) electrons. The van der Waals surface area contributed by atoms with E-state index in [0.717, 1.165) is 48.8 Å². The predicted octanol–water partition coefficient (Wildman–Crippen LogP) is 5.71. The summed E-state index contributed by atoms with van der Waals surface area (Å²) in [6, 6.07) is 8.37. The average Bonchev–Trinajstić information content (AvgIpc) is 4.05. The summed E-state index contributed by atoms with van der Waals surface area (Å²) in [4.78, 5) is 76.2. The fraction of sp³-hybridized carbons (Fsp3) is 0.520. The molecule has 2 fully saturated rings. The van der Waals surface area contributed by atoms with Crippen molar-refractivity contribution in [3.8, 4) is 28.1 Å². The maximum Gasteiger partial charge on any atom is 0.405 e. The van der Waals surface area contributed by atoms with E-state index in [1.165, 1.54) is 25.2 Å². The van der Waals surface area contributed by atoms with Gasteiger partial charge >= 0.3 is 12.1 Å². The van der Waals surface area contributed by atoms with Gasteiger partial charge in [-0.15, -0.1) is 0 Å². The molecular weight excluding hydrogens is 882 g/mol. The molecule has 0 saturated carbocycles. The summed E-state index contributed by atoms with van der Waals surface area (Å²) >= 11 is 0. The van der Waals surface area contributed by atoms with Crippen LogP contribution in [0.2, 0.25) is 0 Å². The van der Waals surface area contributed by atoms with Gasteiger partial charge in [0, 0.05) is 61.7 Å². The van der Waals surface area contributed by atoms with Gasteiger partial charge in [0.05, 0.1) is 24.5 Å². The molecule has 0 unspecified atom stereocenters. The number of hydrazine groups is 1. The molecule has 4 amide bonds. The molecule has 3 aliphatic heterocycles. The standard InChI is InChI=1S/C50H63F3N8O7/c1-10-60-38-16-15-30-23-34(38)35(43(60)33-13-11-17-54-40(33)27(2)3)24-49(6,7)26-68-48(67)36-14-12-18-61(57-36)46(65)37(21-29-19-31(30)22-32(62)20-29)55-45(64)42(28(4)5)59(9)39(63)25-58(8)47(66)41-44(56-41)50(51,52)53/h11,13,15-17,19-20,22-23,27-28,36-37,41-42,44,56-57,62H,10,12,14,18,21,24-26H2,1-9H3,(H,55,64)/t36-,37-,41+,42-,44+/m0/s1. The zero-order valence-corrected chi connectivity index (χ0v) is 40.2. The summed E-state index contributed by atoms with van der Waals surface area (Å²) in [5.74, 6) is -3.90. The second-order valence-corrected chi connectivity index (χ2v) is 19.9. The maximum absolute atomic E-state index is 14.7. The first-order chi connectivity index (χ1) is 32.0. The minimum Gasteiger partial charge on any atom is -0.508 e. The van der Waals surface area contributed by atoms with Gasteiger partial charge in [-0.1, -0.05) is 53.7 Å². The summed E-state index contributed by atoms with van der Waals surface area (Å²) in [7, 11) is 2.57. The van der Waals surface area contributed by atoms with Crippen molar-refractivity contribution in [2.45, 2.75) is 123 Å². The number of fused-ring (bicyclic) bond motifs is 6. The van der Waals surface area contributed by atoms with Crippen molar-refractivity contribution in [2.75, 3.05) is 33.8 Å². The van der Waals surface area contributed by atoms with Gasteiger partial charge in [0.1, 0.15) is 36.0 Å². The lowest BCUT2D eigenvalue weighted by atomic mass is 9.83. The lowest BCUT2D eigenvalue weighted by molar-refractivity contribution is -0.155. The Bertz CT molecular complexity index is 2590. The van der Waals surface area contributed by atoms with E-state index < -0.39 is 83.9 Å². The summed E-state index contributed by atoms with van der Waals surface area (Å²) in [6.07, 6.45) is -1.55. The average molecular weight is 945 g/mol. The molecule has 5 heterocycles. The number of nitrogens with one attached hydrogen (secondary N) is 3. The Morgan fingerprint density at radius 1 is 1.04 bits per heavy atom. The number of phenols is 1. The lowest BCUT2D eigenvalue weighted by Gasteiger charge is -2.37. The van der Waals surface area contributed by atoms with Crippen LogP contribution < -0.4 is 16.1 Å². The summed E-state index contributed by atoms with van der Waals surface area (Å²) in [6.45, 7) is 14.2. The number of aromatic nitrogens is 2. The second-order valence-electron chi connectivity index (χ2n) is 19.9. The zero-order chi connectivity index (χ0) is 49.6. The van der Waals surface area contributed by atoms with Crippen molar-refractivity contribution in [1.82, 2.24) is 40.4 Å². The molecule has 68 heavy (non-hydrogen) atoms. The Balaban J connectivity index is 1.26. The van der Waals surface area contributed by atoms with E-state index in [0.29, 0.717) is 36.9 Å². The van der Waals surface area contributed by atoms with Crippen LogP contribution in [-0.4, -0.2) is 129 Å². The smallest absolute Gasteiger partial charge is 0.405 e. The van der Waals surface area contributed by atoms with Crippen LogP contribution in [0.15, 0.2) is 54.7 Å². The predicted molar refractivity (Wildman–Crippen MR) is 250 cm³/mol. The first-order valence-corrected chi connectivity index (χ1v) is 23.3. The third-order valence-electron chi connectivity index (χ3n) is 13.1. The zero-order valence-electron chi connectivity index (χ0n) is 40.2. The number of aryl methyl sites for hydroxylation is 1. The van der Waals surface area contributed by atoms with E-state index in [-0.39, 0.29) is 31.2 Å². The molecule has 2 aromatic carbocycles. The van der Waals surface area contributed by atoms with Gasteiger partial charge in [-0.3, -0.25) is 39.3 Å². The third-order valence-corrected chi connectivity index (χ3v) is 13.1. The van der Waals surface area contributed by atoms with Gasteiger partial charge in [-0.2, -0.15) is 13.2 Å². The fourth-order valence-corrected chi connectivity index (χ4v) is 9.69. The van der Waals surface area contributed by atoms with Crippen molar-refractivity contribution >= 4 is 40.5 Å². The van der Waals surface area contributed by atoms with Crippen LogP contribution in [0, 0.1) is 11.3 Å². The second kappa shape index (κ2) is 19.5. The highest BCUT2D eigenvalue weighted by Gasteiger charge is 2.59. The van der Waals surface area contributed by atoms with Crippen LogP contribution in [-0.2, 0) is 48.1 Å². The topological polar surface area (TPSA) is 188 Å². The van der Waals surface area contributed by atoms with E-state index in [9.17, 15) is 42.3 Å². The van der Waals surface area contributed by atoms with E-state index in [1.807, 2.05) is 18.2 Å². The minimum atomic E-state index is -4.63. The van der Waals surface area contributed by atoms with Crippen LogP contribution in [0.25, 0.3) is 33.3 Å². The quantitative estimate of drug-likeness (QED) is 0.113. The Morgan fingerprint density at radius 2 is 1.78 bits per heavy atom. The number of rotatable bonds is 10. The van der Waals surface area contributed by atoms with Gasteiger partial charge in [-0.05, 0) is 96.7 Å². The molecule has 0 spiro atoms. The van der Waals surface area contributed by atoms with Crippen LogP contribution in [0.5, 0.6) is 5.75 Å². The number of likely N-dealkylation sites (N-methyl/N-ethyl adjacent to an activating group) is 2. The van der Waals surface area contributed by atoms with Gasteiger partial charge < -0.3 is 29.5 Å². The summed E-state index contributed by atoms with van der Waals surface area (Å²) in [5, 5.41) is 18.5. The Labute approximate surface area is 394 Å². The number of ether oxygens (including phenoxy) is 1. The first-order valence-electron chi connectivity index (χ1n) is 23.3. The molecular formula is C50H63F3N8O7.